The van der Waals surface area contributed by atoms with E-state index in [0.717, 1.165) is 49.6 Å². The third-order valence-corrected chi connectivity index (χ3v) is 3.70. The number of nitrogens with zero attached hydrogens (tertiary/aromatic N) is 4. The number of carbonyl (C=O) groups excluding carboxylic acids is 1. The molecule has 7 nitrogen and oxygen atoms in total. The highest BCUT2D eigenvalue weighted by atomic mass is 16.1. The van der Waals surface area contributed by atoms with Crippen LogP contribution in [-0.2, 0) is 19.4 Å². The second-order valence-corrected chi connectivity index (χ2v) is 4.97. The molecular weight excluding hydrogens is 244 g/mol. The van der Waals surface area contributed by atoms with Gasteiger partial charge in [0.05, 0.1) is 0 Å². The molecule has 4 rings (SSSR count). The molecule has 0 unspecified atom stereocenters. The van der Waals surface area contributed by atoms with Gasteiger partial charge < -0.3 is 14.9 Å². The average molecular weight is 258 g/mol. The minimum Gasteiger partial charge on any atom is -0.351 e. The van der Waals surface area contributed by atoms with E-state index in [1.54, 1.807) is 0 Å². The van der Waals surface area contributed by atoms with Crippen molar-refractivity contribution in [2.75, 3.05) is 6.54 Å². The molecule has 19 heavy (non-hydrogen) atoms. The Balaban J connectivity index is 1.80. The van der Waals surface area contributed by atoms with Gasteiger partial charge in [0.2, 0.25) is 0 Å². The number of H-pyrrole nitrogens is 1. The highest BCUT2D eigenvalue weighted by Crippen LogP contribution is 2.23. The standard InChI is InChI=1S/C12H14N6O/c19-12-9-7(3-1-5-13-12)14-10(15-9)11-17-16-8-4-2-6-18(8)11/h1-6H2,(H,13,19)(H,14,15). The number of hydrogen-bond donors (Lipinski definition) is 2. The maximum atomic E-state index is 11.9. The van der Waals surface area contributed by atoms with Crippen LogP contribution in [0.3, 0.4) is 0 Å². The SMILES string of the molecule is O=C1NCCCc2[nH]c(-c3nnc4n3CCC4)nc21. The van der Waals surface area contributed by atoms with Crippen molar-refractivity contribution < 1.29 is 4.79 Å². The van der Waals surface area contributed by atoms with Crippen molar-refractivity contribution in [3.63, 3.8) is 0 Å². The molecule has 98 valence electrons. The third-order valence-electron chi connectivity index (χ3n) is 3.70. The Morgan fingerprint density at radius 3 is 3.05 bits per heavy atom. The van der Waals surface area contributed by atoms with Gasteiger partial charge in [-0.05, 0) is 19.3 Å². The van der Waals surface area contributed by atoms with E-state index in [4.69, 9.17) is 0 Å². The van der Waals surface area contributed by atoms with Gasteiger partial charge in [-0.1, -0.05) is 0 Å². The minimum atomic E-state index is -0.101. The van der Waals surface area contributed by atoms with Gasteiger partial charge in [-0.15, -0.1) is 10.2 Å². The van der Waals surface area contributed by atoms with Crippen LogP contribution in [0.1, 0.15) is 34.8 Å². The van der Waals surface area contributed by atoms with E-state index in [0.29, 0.717) is 18.1 Å². The van der Waals surface area contributed by atoms with Crippen molar-refractivity contribution in [1.82, 2.24) is 30.0 Å². The monoisotopic (exact) mass is 258 g/mol. The molecule has 0 saturated carbocycles. The fourth-order valence-electron chi connectivity index (χ4n) is 2.76. The molecular formula is C12H14N6O. The van der Waals surface area contributed by atoms with Crippen molar-refractivity contribution in [2.24, 2.45) is 0 Å². The van der Waals surface area contributed by atoms with E-state index in [-0.39, 0.29) is 5.91 Å². The van der Waals surface area contributed by atoms with Crippen LogP contribution in [0.4, 0.5) is 0 Å². The summed E-state index contributed by atoms with van der Waals surface area (Å²) in [5.74, 6) is 2.30. The topological polar surface area (TPSA) is 88.5 Å². The van der Waals surface area contributed by atoms with Gasteiger partial charge in [-0.3, -0.25) is 4.79 Å². The first-order valence-corrected chi connectivity index (χ1v) is 6.62. The molecule has 0 aromatic carbocycles. The number of aryl methyl sites for hydroxylation is 2. The van der Waals surface area contributed by atoms with Crippen molar-refractivity contribution in [2.45, 2.75) is 32.2 Å². The summed E-state index contributed by atoms with van der Waals surface area (Å²) in [6.07, 6.45) is 3.83. The second kappa shape index (κ2) is 3.91. The Hall–Kier alpha value is -2.18. The van der Waals surface area contributed by atoms with Crippen LogP contribution in [0.25, 0.3) is 11.6 Å². The number of fused-ring (bicyclic) bond motifs is 2. The number of rotatable bonds is 1. The van der Waals surface area contributed by atoms with E-state index in [9.17, 15) is 4.79 Å². The quantitative estimate of drug-likeness (QED) is 0.769. The van der Waals surface area contributed by atoms with E-state index < -0.39 is 0 Å². The Morgan fingerprint density at radius 1 is 1.16 bits per heavy atom. The molecule has 0 atom stereocenters. The van der Waals surface area contributed by atoms with E-state index in [2.05, 4.69) is 30.0 Å². The molecule has 2 aromatic rings. The van der Waals surface area contributed by atoms with Gasteiger partial charge >= 0.3 is 0 Å². The number of nitrogens with one attached hydrogen (secondary N) is 2. The minimum absolute atomic E-state index is 0.101. The summed E-state index contributed by atoms with van der Waals surface area (Å²) in [7, 11) is 0. The van der Waals surface area contributed by atoms with E-state index in [1.165, 1.54) is 0 Å². The predicted molar refractivity (Wildman–Crippen MR) is 66.6 cm³/mol. The largest absolute Gasteiger partial charge is 0.351 e. The molecule has 4 heterocycles. The van der Waals surface area contributed by atoms with Crippen molar-refractivity contribution in [3.05, 3.63) is 17.2 Å². The first kappa shape index (κ1) is 10.7. The molecule has 0 aliphatic carbocycles. The molecule has 2 aromatic heterocycles. The number of carbonyl (C=O) groups is 1. The summed E-state index contributed by atoms with van der Waals surface area (Å²) in [6.45, 7) is 1.63. The van der Waals surface area contributed by atoms with Gasteiger partial charge in [0.1, 0.15) is 11.5 Å². The van der Waals surface area contributed by atoms with Crippen LogP contribution in [-0.4, -0.2) is 37.2 Å². The van der Waals surface area contributed by atoms with Gasteiger partial charge in [-0.2, -0.15) is 0 Å². The van der Waals surface area contributed by atoms with Crippen LogP contribution in [0.2, 0.25) is 0 Å². The maximum Gasteiger partial charge on any atom is 0.271 e. The molecule has 2 N–H and O–H groups in total. The van der Waals surface area contributed by atoms with Crippen LogP contribution in [0.5, 0.6) is 0 Å². The zero-order chi connectivity index (χ0) is 12.8. The highest BCUT2D eigenvalue weighted by molar-refractivity contribution is 5.94. The summed E-state index contributed by atoms with van der Waals surface area (Å²) in [5, 5.41) is 11.2. The lowest BCUT2D eigenvalue weighted by Crippen LogP contribution is -2.23. The van der Waals surface area contributed by atoms with Gasteiger partial charge in [-0.25, -0.2) is 4.98 Å². The Kier molecular flexibility index (Phi) is 2.20. The maximum absolute atomic E-state index is 11.9. The number of aromatic amines is 1. The van der Waals surface area contributed by atoms with Gasteiger partial charge in [0.25, 0.3) is 5.91 Å². The zero-order valence-corrected chi connectivity index (χ0v) is 10.4. The first-order valence-electron chi connectivity index (χ1n) is 6.62. The molecule has 2 aliphatic rings. The molecule has 7 heteroatoms. The summed E-state index contributed by atoms with van der Waals surface area (Å²) >= 11 is 0. The average Bonchev–Trinajstić information content (AvgIpc) is 3.06. The summed E-state index contributed by atoms with van der Waals surface area (Å²) in [6, 6.07) is 0. The molecule has 2 aliphatic heterocycles. The number of hydrogen-bond acceptors (Lipinski definition) is 4. The van der Waals surface area contributed by atoms with Crippen LogP contribution >= 0.6 is 0 Å². The summed E-state index contributed by atoms with van der Waals surface area (Å²) < 4.78 is 2.08. The lowest BCUT2D eigenvalue weighted by atomic mass is 10.2. The number of imidazole rings is 1. The third kappa shape index (κ3) is 1.57. The Morgan fingerprint density at radius 2 is 2.11 bits per heavy atom. The van der Waals surface area contributed by atoms with Gasteiger partial charge in [0, 0.05) is 25.2 Å². The summed E-state index contributed by atoms with van der Waals surface area (Å²) in [4.78, 5) is 19.5. The smallest absolute Gasteiger partial charge is 0.271 e. The van der Waals surface area contributed by atoms with Crippen LogP contribution in [0, 0.1) is 0 Å². The predicted octanol–water partition coefficient (Wildman–Crippen LogP) is 0.290. The molecule has 0 radical (unpaired) electrons. The number of amides is 1. The van der Waals surface area contributed by atoms with Crippen molar-refractivity contribution in [1.29, 1.82) is 0 Å². The highest BCUT2D eigenvalue weighted by Gasteiger charge is 2.25. The van der Waals surface area contributed by atoms with Crippen LogP contribution < -0.4 is 5.32 Å². The molecule has 0 bridgehead atoms. The molecule has 0 fully saturated rings. The van der Waals surface area contributed by atoms with Crippen LogP contribution in [0.15, 0.2) is 0 Å². The molecule has 0 spiro atoms. The first-order chi connectivity index (χ1) is 9.33. The summed E-state index contributed by atoms with van der Waals surface area (Å²) in [5.41, 5.74) is 1.41. The Labute approximate surface area is 109 Å². The normalized spacial score (nSPS) is 17.8. The molecule has 0 saturated heterocycles. The second-order valence-electron chi connectivity index (χ2n) is 4.97. The van der Waals surface area contributed by atoms with E-state index >= 15 is 0 Å². The Bertz CT molecular complexity index is 655. The van der Waals surface area contributed by atoms with E-state index in [1.807, 2.05) is 0 Å². The number of aromatic nitrogens is 5. The molecule has 1 amide bonds. The van der Waals surface area contributed by atoms with Crippen molar-refractivity contribution in [3.8, 4) is 11.6 Å². The van der Waals surface area contributed by atoms with Crippen molar-refractivity contribution >= 4 is 5.91 Å². The lowest BCUT2D eigenvalue weighted by Gasteiger charge is -1.99. The lowest BCUT2D eigenvalue weighted by molar-refractivity contribution is 0.0951. The fraction of sp³-hybridized carbons (Fsp3) is 0.500. The van der Waals surface area contributed by atoms with Gasteiger partial charge in [0.15, 0.2) is 11.6 Å². The fourth-order valence-corrected chi connectivity index (χ4v) is 2.76. The zero-order valence-electron chi connectivity index (χ0n) is 10.4.